The first kappa shape index (κ1) is 18.0. The van der Waals surface area contributed by atoms with Crippen LogP contribution in [0.1, 0.15) is 23.1 Å². The SMILES string of the molecule is C#CCN(C(c1ccccc1)c1ccc(C)o1)S(=O)(=O)c1ccccc1. The maximum atomic E-state index is 13.3. The van der Waals surface area contributed by atoms with Crippen LogP contribution in [0.2, 0.25) is 0 Å². The highest BCUT2D eigenvalue weighted by molar-refractivity contribution is 7.89. The molecular formula is C21H19NO3S. The number of furan rings is 1. The van der Waals surface area contributed by atoms with Gasteiger partial charge >= 0.3 is 0 Å². The molecule has 0 saturated heterocycles. The first-order chi connectivity index (χ1) is 12.5. The molecule has 1 aromatic heterocycles. The molecule has 5 heteroatoms. The van der Waals surface area contributed by atoms with Crippen LogP contribution in [0, 0.1) is 19.3 Å². The van der Waals surface area contributed by atoms with E-state index in [1.807, 2.05) is 43.3 Å². The molecule has 0 spiro atoms. The number of terminal acetylenes is 1. The van der Waals surface area contributed by atoms with Crippen molar-refractivity contribution in [1.29, 1.82) is 0 Å². The number of nitrogens with zero attached hydrogens (tertiary/aromatic N) is 1. The highest BCUT2D eigenvalue weighted by Crippen LogP contribution is 2.34. The Morgan fingerprint density at radius 2 is 1.62 bits per heavy atom. The fourth-order valence-electron chi connectivity index (χ4n) is 2.84. The number of hydrogen-bond acceptors (Lipinski definition) is 3. The van der Waals surface area contributed by atoms with E-state index in [9.17, 15) is 8.42 Å². The summed E-state index contributed by atoms with van der Waals surface area (Å²) in [5, 5.41) is 0. The lowest BCUT2D eigenvalue weighted by Gasteiger charge is -2.28. The molecule has 3 rings (SSSR count). The minimum atomic E-state index is -3.82. The molecule has 0 amide bonds. The van der Waals surface area contributed by atoms with Crippen LogP contribution in [0.3, 0.4) is 0 Å². The number of benzene rings is 2. The van der Waals surface area contributed by atoms with Crippen LogP contribution in [0.15, 0.2) is 82.1 Å². The van der Waals surface area contributed by atoms with Crippen molar-refractivity contribution < 1.29 is 12.8 Å². The van der Waals surface area contributed by atoms with E-state index in [0.717, 1.165) is 5.56 Å². The third-order valence-corrected chi connectivity index (χ3v) is 5.86. The highest BCUT2D eigenvalue weighted by Gasteiger charge is 2.34. The Morgan fingerprint density at radius 1 is 1.00 bits per heavy atom. The minimum Gasteiger partial charge on any atom is -0.464 e. The van der Waals surface area contributed by atoms with Gasteiger partial charge in [-0.05, 0) is 36.8 Å². The molecule has 0 fully saturated rings. The van der Waals surface area contributed by atoms with Crippen LogP contribution in [-0.4, -0.2) is 19.3 Å². The van der Waals surface area contributed by atoms with Gasteiger partial charge in [0.15, 0.2) is 0 Å². The summed E-state index contributed by atoms with van der Waals surface area (Å²) in [5.41, 5.74) is 0.789. The van der Waals surface area contributed by atoms with E-state index in [4.69, 9.17) is 10.8 Å². The van der Waals surface area contributed by atoms with E-state index in [-0.39, 0.29) is 11.4 Å². The summed E-state index contributed by atoms with van der Waals surface area (Å²) in [7, 11) is -3.82. The fraction of sp³-hybridized carbons (Fsp3) is 0.143. The van der Waals surface area contributed by atoms with Gasteiger partial charge in [-0.25, -0.2) is 8.42 Å². The maximum absolute atomic E-state index is 13.3. The second-order valence-corrected chi connectivity index (χ2v) is 7.72. The Balaban J connectivity index is 2.17. The largest absolute Gasteiger partial charge is 0.464 e. The Hall–Kier alpha value is -2.81. The summed E-state index contributed by atoms with van der Waals surface area (Å²) in [5.74, 6) is 3.71. The molecule has 1 unspecified atom stereocenters. The second-order valence-electron chi connectivity index (χ2n) is 5.83. The van der Waals surface area contributed by atoms with Gasteiger partial charge < -0.3 is 4.42 Å². The van der Waals surface area contributed by atoms with Crippen LogP contribution in [0.4, 0.5) is 0 Å². The Kier molecular flexibility index (Phi) is 5.27. The fourth-order valence-corrected chi connectivity index (χ4v) is 4.36. The predicted molar refractivity (Wildman–Crippen MR) is 101 cm³/mol. The van der Waals surface area contributed by atoms with Gasteiger partial charge in [0.25, 0.3) is 0 Å². The zero-order valence-electron chi connectivity index (χ0n) is 14.4. The smallest absolute Gasteiger partial charge is 0.244 e. The highest BCUT2D eigenvalue weighted by atomic mass is 32.2. The third kappa shape index (κ3) is 3.57. The molecule has 132 valence electrons. The van der Waals surface area contributed by atoms with Crippen LogP contribution in [-0.2, 0) is 10.0 Å². The van der Waals surface area contributed by atoms with Crippen LogP contribution >= 0.6 is 0 Å². The van der Waals surface area contributed by atoms with E-state index in [2.05, 4.69) is 5.92 Å². The molecular weight excluding hydrogens is 346 g/mol. The summed E-state index contributed by atoms with van der Waals surface area (Å²) in [6.07, 6.45) is 5.52. The summed E-state index contributed by atoms with van der Waals surface area (Å²) in [6.45, 7) is 1.75. The zero-order chi connectivity index (χ0) is 18.6. The molecule has 26 heavy (non-hydrogen) atoms. The molecule has 1 heterocycles. The summed E-state index contributed by atoms with van der Waals surface area (Å²) < 4.78 is 33.7. The lowest BCUT2D eigenvalue weighted by Crippen LogP contribution is -2.35. The van der Waals surface area contributed by atoms with Crippen molar-refractivity contribution in [1.82, 2.24) is 4.31 Å². The number of aryl methyl sites for hydroxylation is 1. The zero-order valence-corrected chi connectivity index (χ0v) is 15.2. The van der Waals surface area contributed by atoms with Crippen molar-refractivity contribution in [2.45, 2.75) is 17.9 Å². The van der Waals surface area contributed by atoms with E-state index >= 15 is 0 Å². The van der Waals surface area contributed by atoms with E-state index in [1.54, 1.807) is 36.4 Å². The quantitative estimate of drug-likeness (QED) is 0.621. The molecule has 2 aromatic carbocycles. The van der Waals surface area contributed by atoms with Crippen molar-refractivity contribution in [2.75, 3.05) is 6.54 Å². The van der Waals surface area contributed by atoms with Gasteiger partial charge in [-0.2, -0.15) is 4.31 Å². The normalized spacial score (nSPS) is 12.7. The first-order valence-electron chi connectivity index (χ1n) is 8.15. The van der Waals surface area contributed by atoms with Gasteiger partial charge in [-0.3, -0.25) is 0 Å². The van der Waals surface area contributed by atoms with Crippen LogP contribution in [0.5, 0.6) is 0 Å². The van der Waals surface area contributed by atoms with Gasteiger partial charge in [0.1, 0.15) is 17.6 Å². The average Bonchev–Trinajstić information content (AvgIpc) is 3.09. The van der Waals surface area contributed by atoms with E-state index < -0.39 is 16.1 Å². The predicted octanol–water partition coefficient (Wildman–Crippen LogP) is 4.00. The van der Waals surface area contributed by atoms with Crippen LogP contribution in [0.25, 0.3) is 0 Å². The molecule has 0 bridgehead atoms. The molecule has 0 N–H and O–H groups in total. The molecule has 4 nitrogen and oxygen atoms in total. The summed E-state index contributed by atoms with van der Waals surface area (Å²) in [4.78, 5) is 0.194. The molecule has 0 aliphatic carbocycles. The molecule has 3 aromatic rings. The third-order valence-electron chi connectivity index (χ3n) is 4.03. The van der Waals surface area contributed by atoms with E-state index in [0.29, 0.717) is 11.5 Å². The second kappa shape index (κ2) is 7.61. The lowest BCUT2D eigenvalue weighted by molar-refractivity contribution is 0.335. The number of hydrogen-bond donors (Lipinski definition) is 0. The molecule has 0 saturated carbocycles. The standard InChI is InChI=1S/C21H19NO3S/c1-3-16-22(26(23,24)19-12-8-5-9-13-19)21(18-10-6-4-7-11-18)20-15-14-17(2)25-20/h1,4-15,21H,16H2,2H3. The molecule has 0 aliphatic rings. The van der Waals surface area contributed by atoms with Crippen molar-refractivity contribution in [3.8, 4) is 12.3 Å². The molecule has 0 radical (unpaired) electrons. The first-order valence-corrected chi connectivity index (χ1v) is 9.59. The molecule has 0 aliphatic heterocycles. The van der Waals surface area contributed by atoms with Gasteiger partial charge in [0.2, 0.25) is 10.0 Å². The summed E-state index contributed by atoms with van der Waals surface area (Å²) in [6, 6.07) is 20.6. The number of sulfonamides is 1. The Bertz CT molecular complexity index is 1000. The van der Waals surface area contributed by atoms with Crippen molar-refractivity contribution in [2.24, 2.45) is 0 Å². The Labute approximate surface area is 154 Å². The van der Waals surface area contributed by atoms with Gasteiger partial charge in [0, 0.05) is 0 Å². The van der Waals surface area contributed by atoms with Crippen molar-refractivity contribution in [3.63, 3.8) is 0 Å². The van der Waals surface area contributed by atoms with Crippen molar-refractivity contribution >= 4 is 10.0 Å². The number of rotatable bonds is 6. The summed E-state index contributed by atoms with van der Waals surface area (Å²) >= 11 is 0. The minimum absolute atomic E-state index is 0.0729. The monoisotopic (exact) mass is 365 g/mol. The van der Waals surface area contributed by atoms with Crippen LogP contribution < -0.4 is 0 Å². The lowest BCUT2D eigenvalue weighted by atomic mass is 10.0. The average molecular weight is 365 g/mol. The molecule has 1 atom stereocenters. The van der Waals surface area contributed by atoms with Gasteiger partial charge in [-0.1, -0.05) is 54.5 Å². The van der Waals surface area contributed by atoms with E-state index in [1.165, 1.54) is 4.31 Å². The van der Waals surface area contributed by atoms with Gasteiger partial charge in [0.05, 0.1) is 11.4 Å². The topological polar surface area (TPSA) is 50.5 Å². The van der Waals surface area contributed by atoms with Crippen molar-refractivity contribution in [3.05, 3.63) is 89.9 Å². The van der Waals surface area contributed by atoms with Gasteiger partial charge in [-0.15, -0.1) is 6.42 Å². The maximum Gasteiger partial charge on any atom is 0.244 e. The Morgan fingerprint density at radius 3 is 2.15 bits per heavy atom.